The molecular formula is C14H12ClFN2O3. The second-order valence-corrected chi connectivity index (χ2v) is 4.65. The van der Waals surface area contributed by atoms with E-state index in [1.165, 1.54) is 31.4 Å². The lowest BCUT2D eigenvalue weighted by Crippen LogP contribution is -2.01. The fourth-order valence-electron chi connectivity index (χ4n) is 1.79. The molecule has 0 fully saturated rings. The van der Waals surface area contributed by atoms with E-state index in [0.29, 0.717) is 17.8 Å². The van der Waals surface area contributed by atoms with Crippen LogP contribution in [0, 0.1) is 15.9 Å². The molecule has 0 radical (unpaired) electrons. The lowest BCUT2D eigenvalue weighted by Gasteiger charge is -2.08. The molecule has 110 valence electrons. The third-order valence-electron chi connectivity index (χ3n) is 2.86. The minimum Gasteiger partial charge on any atom is -0.494 e. The highest BCUT2D eigenvalue weighted by atomic mass is 35.5. The van der Waals surface area contributed by atoms with Gasteiger partial charge in [-0.2, -0.15) is 0 Å². The summed E-state index contributed by atoms with van der Waals surface area (Å²) in [4.78, 5) is 10.1. The summed E-state index contributed by atoms with van der Waals surface area (Å²) >= 11 is 5.81. The van der Waals surface area contributed by atoms with Crippen LogP contribution in [0.15, 0.2) is 36.4 Å². The molecule has 0 spiro atoms. The van der Waals surface area contributed by atoms with E-state index >= 15 is 0 Å². The van der Waals surface area contributed by atoms with Crippen LogP contribution in [0.3, 0.4) is 0 Å². The fraction of sp³-hybridized carbons (Fsp3) is 0.143. The number of ether oxygens (including phenoxy) is 1. The molecule has 0 saturated carbocycles. The lowest BCUT2D eigenvalue weighted by molar-refractivity contribution is -0.384. The van der Waals surface area contributed by atoms with Gasteiger partial charge >= 0.3 is 0 Å². The molecule has 5 nitrogen and oxygen atoms in total. The number of halogens is 2. The lowest BCUT2D eigenvalue weighted by atomic mass is 10.2. The van der Waals surface area contributed by atoms with Gasteiger partial charge in [-0.3, -0.25) is 10.1 Å². The molecule has 1 N–H and O–H groups in total. The quantitative estimate of drug-likeness (QED) is 0.669. The van der Waals surface area contributed by atoms with E-state index in [1.54, 1.807) is 12.1 Å². The Morgan fingerprint density at radius 1 is 1.33 bits per heavy atom. The number of hydrogen-bond donors (Lipinski definition) is 1. The minimum atomic E-state index is -0.551. The summed E-state index contributed by atoms with van der Waals surface area (Å²) in [5, 5.41) is 13.7. The van der Waals surface area contributed by atoms with Gasteiger partial charge in [-0.1, -0.05) is 17.7 Å². The molecule has 2 rings (SSSR count). The van der Waals surface area contributed by atoms with E-state index in [0.717, 1.165) is 0 Å². The van der Waals surface area contributed by atoms with E-state index in [2.05, 4.69) is 5.32 Å². The SMILES string of the molecule is COc1ccc(CNc2ccc([N+](=O)[O-])c(Cl)c2)cc1F. The standard InChI is InChI=1S/C14H12ClFN2O3/c1-21-14-5-2-9(6-12(14)16)8-17-10-3-4-13(18(19)20)11(15)7-10/h2-7,17H,8H2,1H3. The van der Waals surface area contributed by atoms with Crippen molar-refractivity contribution in [2.75, 3.05) is 12.4 Å². The van der Waals surface area contributed by atoms with Gasteiger partial charge in [0.1, 0.15) is 5.02 Å². The molecule has 21 heavy (non-hydrogen) atoms. The first-order valence-electron chi connectivity index (χ1n) is 6.01. The molecule has 0 heterocycles. The fourth-order valence-corrected chi connectivity index (χ4v) is 2.04. The molecule has 0 saturated heterocycles. The summed E-state index contributed by atoms with van der Waals surface area (Å²) in [6.07, 6.45) is 0. The molecular weight excluding hydrogens is 299 g/mol. The third kappa shape index (κ3) is 3.61. The van der Waals surface area contributed by atoms with Crippen molar-refractivity contribution >= 4 is 23.0 Å². The number of hydrogen-bond acceptors (Lipinski definition) is 4. The van der Waals surface area contributed by atoms with Crippen molar-refractivity contribution in [3.8, 4) is 5.75 Å². The van der Waals surface area contributed by atoms with Crippen molar-refractivity contribution in [2.24, 2.45) is 0 Å². The van der Waals surface area contributed by atoms with Crippen molar-refractivity contribution in [1.29, 1.82) is 0 Å². The van der Waals surface area contributed by atoms with Crippen LogP contribution in [-0.4, -0.2) is 12.0 Å². The maximum atomic E-state index is 13.5. The Hall–Kier alpha value is -2.34. The molecule has 0 unspecified atom stereocenters. The second-order valence-electron chi connectivity index (χ2n) is 4.25. The molecule has 2 aromatic rings. The summed E-state index contributed by atoms with van der Waals surface area (Å²) < 4.78 is 18.4. The Morgan fingerprint density at radius 2 is 2.10 bits per heavy atom. The van der Waals surface area contributed by atoms with E-state index in [4.69, 9.17) is 16.3 Å². The monoisotopic (exact) mass is 310 g/mol. The summed E-state index contributed by atoms with van der Waals surface area (Å²) in [5.41, 5.74) is 1.17. The Bertz CT molecular complexity index is 679. The highest BCUT2D eigenvalue weighted by molar-refractivity contribution is 6.32. The zero-order chi connectivity index (χ0) is 15.4. The topological polar surface area (TPSA) is 64.4 Å². The zero-order valence-corrected chi connectivity index (χ0v) is 11.9. The molecule has 0 aliphatic heterocycles. The second kappa shape index (κ2) is 6.41. The van der Waals surface area contributed by atoms with Gasteiger partial charge in [-0.15, -0.1) is 0 Å². The summed E-state index contributed by atoms with van der Waals surface area (Å²) in [5.74, 6) is -0.268. The molecule has 7 heteroatoms. The molecule has 0 aliphatic carbocycles. The average molecular weight is 311 g/mol. The number of rotatable bonds is 5. The molecule has 0 bridgehead atoms. The third-order valence-corrected chi connectivity index (χ3v) is 3.16. The van der Waals surface area contributed by atoms with Crippen LogP contribution in [0.4, 0.5) is 15.8 Å². The van der Waals surface area contributed by atoms with Gasteiger partial charge in [0.15, 0.2) is 11.6 Å². The van der Waals surface area contributed by atoms with Crippen LogP contribution in [0.5, 0.6) is 5.75 Å². The summed E-state index contributed by atoms with van der Waals surface area (Å²) in [7, 11) is 1.40. The Kier molecular flexibility index (Phi) is 4.59. The number of nitrogens with one attached hydrogen (secondary N) is 1. The van der Waals surface area contributed by atoms with Crippen LogP contribution in [-0.2, 0) is 6.54 Å². The number of nitro groups is 1. The van der Waals surface area contributed by atoms with Crippen molar-refractivity contribution in [3.05, 3.63) is 62.9 Å². The largest absolute Gasteiger partial charge is 0.494 e. The maximum Gasteiger partial charge on any atom is 0.288 e. The molecule has 0 amide bonds. The minimum absolute atomic E-state index is 0.0471. The highest BCUT2D eigenvalue weighted by Gasteiger charge is 2.12. The molecule has 0 atom stereocenters. The smallest absolute Gasteiger partial charge is 0.288 e. The molecule has 0 aromatic heterocycles. The van der Waals surface area contributed by atoms with Gasteiger partial charge in [0, 0.05) is 18.3 Å². The predicted octanol–water partition coefficient (Wildman–Crippen LogP) is 4.01. The van der Waals surface area contributed by atoms with Crippen molar-refractivity contribution < 1.29 is 14.1 Å². The van der Waals surface area contributed by atoms with Crippen LogP contribution in [0.2, 0.25) is 5.02 Å². The maximum absolute atomic E-state index is 13.5. The van der Waals surface area contributed by atoms with Crippen LogP contribution >= 0.6 is 11.6 Å². The van der Waals surface area contributed by atoms with Crippen molar-refractivity contribution in [3.63, 3.8) is 0 Å². The van der Waals surface area contributed by atoms with Gasteiger partial charge in [0.2, 0.25) is 0 Å². The first kappa shape index (κ1) is 15.1. The molecule has 0 aliphatic rings. The van der Waals surface area contributed by atoms with Crippen molar-refractivity contribution in [1.82, 2.24) is 0 Å². The van der Waals surface area contributed by atoms with Gasteiger partial charge in [-0.25, -0.2) is 4.39 Å². The van der Waals surface area contributed by atoms with E-state index in [9.17, 15) is 14.5 Å². The normalized spacial score (nSPS) is 10.2. The Balaban J connectivity index is 2.08. The first-order chi connectivity index (χ1) is 10.0. The van der Waals surface area contributed by atoms with Gasteiger partial charge in [0.25, 0.3) is 5.69 Å². The zero-order valence-electron chi connectivity index (χ0n) is 11.1. The first-order valence-corrected chi connectivity index (χ1v) is 6.39. The summed E-state index contributed by atoms with van der Waals surface area (Å²) in [6, 6.07) is 8.94. The van der Waals surface area contributed by atoms with E-state index in [-0.39, 0.29) is 16.5 Å². The van der Waals surface area contributed by atoms with Gasteiger partial charge in [-0.05, 0) is 29.8 Å². The van der Waals surface area contributed by atoms with Crippen LogP contribution < -0.4 is 10.1 Å². The van der Waals surface area contributed by atoms with Gasteiger partial charge in [0.05, 0.1) is 12.0 Å². The van der Waals surface area contributed by atoms with E-state index in [1.807, 2.05) is 0 Å². The van der Waals surface area contributed by atoms with Crippen LogP contribution in [0.1, 0.15) is 5.56 Å². The van der Waals surface area contributed by atoms with Crippen LogP contribution in [0.25, 0.3) is 0 Å². The number of benzene rings is 2. The van der Waals surface area contributed by atoms with Crippen molar-refractivity contribution in [2.45, 2.75) is 6.54 Å². The number of nitro benzene ring substituents is 1. The van der Waals surface area contributed by atoms with E-state index < -0.39 is 10.7 Å². The Morgan fingerprint density at radius 3 is 2.67 bits per heavy atom. The summed E-state index contributed by atoms with van der Waals surface area (Å²) in [6.45, 7) is 0.356. The number of anilines is 1. The number of nitrogens with zero attached hydrogens (tertiary/aromatic N) is 1. The number of methoxy groups -OCH3 is 1. The van der Waals surface area contributed by atoms with Gasteiger partial charge < -0.3 is 10.1 Å². The highest BCUT2D eigenvalue weighted by Crippen LogP contribution is 2.27. The average Bonchev–Trinajstić information content (AvgIpc) is 2.45. The Labute approximate surface area is 125 Å². The molecule has 2 aromatic carbocycles. The predicted molar refractivity (Wildman–Crippen MR) is 78.4 cm³/mol.